The third-order valence-corrected chi connectivity index (χ3v) is 1.35. The third kappa shape index (κ3) is 2.43. The second-order valence-electron chi connectivity index (χ2n) is 2.09. The van der Waals surface area contributed by atoms with Crippen LogP contribution in [0.3, 0.4) is 0 Å². The van der Waals surface area contributed by atoms with Gasteiger partial charge in [0.05, 0.1) is 0 Å². The van der Waals surface area contributed by atoms with E-state index in [0.29, 0.717) is 0 Å². The smallest absolute Gasteiger partial charge is 0.208 e. The van der Waals surface area contributed by atoms with E-state index >= 15 is 0 Å². The van der Waals surface area contributed by atoms with E-state index in [9.17, 15) is 0 Å². The zero-order chi connectivity index (χ0) is 9.46. The first kappa shape index (κ1) is 18.6. The van der Waals surface area contributed by atoms with Gasteiger partial charge in [0.2, 0.25) is 34.5 Å². The largest absolute Gasteiger partial charge is 0.502 e. The van der Waals surface area contributed by atoms with Crippen LogP contribution < -0.4 is 0 Å². The molecule has 0 amide bonds. The molecular weight excluding hydrogens is 216 g/mol. The summed E-state index contributed by atoms with van der Waals surface area (Å²) in [7, 11) is 0. The van der Waals surface area contributed by atoms with Crippen LogP contribution in [0.25, 0.3) is 0 Å². The highest BCUT2D eigenvalue weighted by Crippen LogP contribution is 2.54. The van der Waals surface area contributed by atoms with Crippen LogP contribution in [0.4, 0.5) is 0 Å². The molecule has 1 aromatic carbocycles. The van der Waals surface area contributed by atoms with E-state index in [-0.39, 0.29) is 16.4 Å². The second kappa shape index (κ2) is 5.59. The number of benzene rings is 1. The Balaban J connectivity index is -0.000000480. The lowest BCUT2D eigenvalue weighted by atomic mass is 10.2. The number of phenols is 6. The first-order valence-electron chi connectivity index (χ1n) is 2.84. The van der Waals surface area contributed by atoms with Gasteiger partial charge in [-0.3, -0.25) is 0 Å². The van der Waals surface area contributed by atoms with Gasteiger partial charge in [0.1, 0.15) is 0 Å². The van der Waals surface area contributed by atoms with Gasteiger partial charge in [0, 0.05) is 0 Å². The molecule has 0 saturated heterocycles. The molecule has 0 aliphatic carbocycles. The molecule has 0 bridgehead atoms. The Morgan fingerprint density at radius 1 is 0.333 bits per heavy atom. The van der Waals surface area contributed by atoms with Crippen LogP contribution in [0, 0.1) is 0 Å². The van der Waals surface area contributed by atoms with E-state index in [4.69, 9.17) is 30.6 Å². The van der Waals surface area contributed by atoms with Crippen LogP contribution in [0.1, 0.15) is 0 Å². The fourth-order valence-corrected chi connectivity index (χ4v) is 0.673. The van der Waals surface area contributed by atoms with Crippen LogP contribution in [0.15, 0.2) is 0 Å². The highest BCUT2D eigenvalue weighted by molar-refractivity contribution is 5.70. The molecule has 0 fully saturated rings. The lowest BCUT2D eigenvalue weighted by Crippen LogP contribution is -1.77. The molecule has 0 aliphatic rings. The van der Waals surface area contributed by atoms with Gasteiger partial charge in [-0.05, 0) is 0 Å². The van der Waals surface area contributed by atoms with Gasteiger partial charge in [-0.25, -0.2) is 0 Å². The van der Waals surface area contributed by atoms with Crippen molar-refractivity contribution in [3.8, 4) is 34.5 Å². The summed E-state index contributed by atoms with van der Waals surface area (Å²) in [5.74, 6) is -6.57. The van der Waals surface area contributed by atoms with E-state index in [1.807, 2.05) is 0 Å². The van der Waals surface area contributed by atoms with Crippen molar-refractivity contribution in [1.82, 2.24) is 0 Å². The van der Waals surface area contributed by atoms with Crippen molar-refractivity contribution < 1.29 is 47.1 Å². The molecule has 9 nitrogen and oxygen atoms in total. The Labute approximate surface area is 82.6 Å². The van der Waals surface area contributed by atoms with E-state index < -0.39 is 34.5 Å². The Morgan fingerprint density at radius 3 is 0.467 bits per heavy atom. The topological polar surface area (TPSA) is 216 Å². The van der Waals surface area contributed by atoms with Crippen molar-refractivity contribution in [2.45, 2.75) is 0 Å². The summed E-state index contributed by atoms with van der Waals surface area (Å²) in [5.41, 5.74) is 0. The van der Waals surface area contributed by atoms with E-state index in [1.54, 1.807) is 0 Å². The highest BCUT2D eigenvalue weighted by atomic mass is 16.4. The first-order chi connectivity index (χ1) is 5.46. The molecule has 0 aromatic heterocycles. The van der Waals surface area contributed by atoms with Gasteiger partial charge in [0.15, 0.2) is 0 Å². The van der Waals surface area contributed by atoms with Gasteiger partial charge in [0.25, 0.3) is 0 Å². The molecule has 0 atom stereocenters. The number of rotatable bonds is 0. The molecule has 15 heavy (non-hydrogen) atoms. The molecule has 0 aliphatic heterocycles. The fraction of sp³-hybridized carbons (Fsp3) is 0. The van der Waals surface area contributed by atoms with Gasteiger partial charge in [-0.2, -0.15) is 0 Å². The average molecular weight is 228 g/mol. The van der Waals surface area contributed by atoms with Crippen molar-refractivity contribution in [3.63, 3.8) is 0 Å². The SMILES string of the molecule is O.O.O.Oc1c(O)c(O)c(O)c(O)c1O. The summed E-state index contributed by atoms with van der Waals surface area (Å²) in [6, 6.07) is 0. The predicted octanol–water partition coefficient (Wildman–Crippen LogP) is -2.55. The second-order valence-corrected chi connectivity index (χ2v) is 2.09. The van der Waals surface area contributed by atoms with Gasteiger partial charge >= 0.3 is 0 Å². The summed E-state index contributed by atoms with van der Waals surface area (Å²) in [4.78, 5) is 0. The van der Waals surface area contributed by atoms with Crippen LogP contribution in [0.5, 0.6) is 34.5 Å². The Bertz CT molecular complexity index is 229. The number of phenolic OH excluding ortho intramolecular Hbond substituents is 6. The maximum Gasteiger partial charge on any atom is 0.208 e. The molecule has 90 valence electrons. The van der Waals surface area contributed by atoms with Crippen LogP contribution >= 0.6 is 0 Å². The Kier molecular flexibility index (Phi) is 6.95. The van der Waals surface area contributed by atoms with Crippen molar-refractivity contribution >= 4 is 0 Å². The molecule has 1 aromatic rings. The predicted molar refractivity (Wildman–Crippen MR) is 47.3 cm³/mol. The average Bonchev–Trinajstić information content (AvgIpc) is 2.08. The summed E-state index contributed by atoms with van der Waals surface area (Å²) < 4.78 is 0. The minimum atomic E-state index is -1.09. The lowest BCUT2D eigenvalue weighted by molar-refractivity contribution is 0.303. The van der Waals surface area contributed by atoms with E-state index in [1.165, 1.54) is 0 Å². The van der Waals surface area contributed by atoms with Gasteiger partial charge in [-0.1, -0.05) is 0 Å². The number of aromatic hydroxyl groups is 6. The molecule has 9 heteroatoms. The highest BCUT2D eigenvalue weighted by Gasteiger charge is 2.22. The number of hydrogen-bond donors (Lipinski definition) is 6. The number of hydrogen-bond acceptors (Lipinski definition) is 6. The van der Waals surface area contributed by atoms with Crippen LogP contribution in [-0.2, 0) is 0 Å². The van der Waals surface area contributed by atoms with Crippen LogP contribution in [-0.4, -0.2) is 47.1 Å². The van der Waals surface area contributed by atoms with E-state index in [2.05, 4.69) is 0 Å². The normalized spacial score (nSPS) is 8.00. The monoisotopic (exact) mass is 228 g/mol. The van der Waals surface area contributed by atoms with Crippen molar-refractivity contribution in [2.24, 2.45) is 0 Å². The minimum absolute atomic E-state index is 0. The molecule has 0 heterocycles. The summed E-state index contributed by atoms with van der Waals surface area (Å²) in [6.07, 6.45) is 0. The molecule has 12 N–H and O–H groups in total. The zero-order valence-corrected chi connectivity index (χ0v) is 7.18. The Hall–Kier alpha value is -2.10. The van der Waals surface area contributed by atoms with Crippen molar-refractivity contribution in [2.75, 3.05) is 0 Å². The third-order valence-electron chi connectivity index (χ3n) is 1.35. The molecule has 0 saturated carbocycles. The molecule has 0 unspecified atom stereocenters. The summed E-state index contributed by atoms with van der Waals surface area (Å²) in [6.45, 7) is 0. The summed E-state index contributed by atoms with van der Waals surface area (Å²) in [5, 5.41) is 52.6. The first-order valence-corrected chi connectivity index (χ1v) is 2.84. The van der Waals surface area contributed by atoms with E-state index in [0.717, 1.165) is 0 Å². The molecule has 0 spiro atoms. The summed E-state index contributed by atoms with van der Waals surface area (Å²) >= 11 is 0. The zero-order valence-electron chi connectivity index (χ0n) is 7.18. The van der Waals surface area contributed by atoms with Crippen molar-refractivity contribution in [3.05, 3.63) is 0 Å². The van der Waals surface area contributed by atoms with Gasteiger partial charge < -0.3 is 47.1 Å². The molecule has 0 radical (unpaired) electrons. The fourth-order valence-electron chi connectivity index (χ4n) is 0.673. The Morgan fingerprint density at radius 2 is 0.400 bits per heavy atom. The standard InChI is InChI=1S/C6H6O6.3H2O/c7-1-2(8)4(10)6(12)5(11)3(1)9;;;/h7-12H;3*1H2. The quantitative estimate of drug-likeness (QED) is 0.207. The maximum atomic E-state index is 8.76. The van der Waals surface area contributed by atoms with Crippen LogP contribution in [0.2, 0.25) is 0 Å². The molecule has 1 rings (SSSR count). The molecular formula is C6H12O9. The minimum Gasteiger partial charge on any atom is -0.502 e. The maximum absolute atomic E-state index is 8.76. The van der Waals surface area contributed by atoms with Crippen molar-refractivity contribution in [1.29, 1.82) is 0 Å². The lowest BCUT2D eigenvalue weighted by Gasteiger charge is -2.06. The van der Waals surface area contributed by atoms with Gasteiger partial charge in [-0.15, -0.1) is 0 Å².